The molecule has 0 bridgehead atoms. The molecule has 0 saturated heterocycles. The first-order valence-corrected chi connectivity index (χ1v) is 6.76. The lowest BCUT2D eigenvalue weighted by atomic mass is 10.1. The van der Waals surface area contributed by atoms with Crippen molar-refractivity contribution >= 4 is 29.9 Å². The van der Waals surface area contributed by atoms with Crippen molar-refractivity contribution < 1.29 is 4.52 Å². The monoisotopic (exact) mass is 390 g/mol. The number of hydrogen-bond acceptors (Lipinski definition) is 3. The lowest BCUT2D eigenvalue weighted by Gasteiger charge is -2.16. The third-order valence-electron chi connectivity index (χ3n) is 3.17. The van der Waals surface area contributed by atoms with Gasteiger partial charge in [0, 0.05) is 19.2 Å². The van der Waals surface area contributed by atoms with Gasteiger partial charge in [0.2, 0.25) is 0 Å². The number of nitrogens with one attached hydrogen (secondary N) is 2. The maximum atomic E-state index is 5.28. The molecule has 5 nitrogen and oxygen atoms in total. The fourth-order valence-corrected chi connectivity index (χ4v) is 1.98. The van der Waals surface area contributed by atoms with Crippen molar-refractivity contribution in [3.8, 4) is 0 Å². The van der Waals surface area contributed by atoms with Gasteiger partial charge < -0.3 is 15.2 Å². The molecule has 1 aliphatic carbocycles. The van der Waals surface area contributed by atoms with E-state index in [2.05, 4.69) is 46.8 Å². The van der Waals surface area contributed by atoms with Crippen molar-refractivity contribution in [2.75, 3.05) is 7.05 Å². The van der Waals surface area contributed by atoms with Gasteiger partial charge in [0.1, 0.15) is 0 Å². The third-order valence-corrected chi connectivity index (χ3v) is 3.17. The summed E-state index contributed by atoms with van der Waals surface area (Å²) in [5.74, 6) is 2.02. The molecule has 0 fully saturated rings. The van der Waals surface area contributed by atoms with Gasteiger partial charge in [-0.25, -0.2) is 0 Å². The molecule has 2 rings (SSSR count). The van der Waals surface area contributed by atoms with Crippen molar-refractivity contribution in [2.24, 2.45) is 4.99 Å². The van der Waals surface area contributed by atoms with Crippen LogP contribution in [0.4, 0.5) is 0 Å². The number of hydrogen-bond donors (Lipinski definition) is 2. The fraction of sp³-hybridized carbons (Fsp3) is 0.571. The SMILES string of the molecule is CN=C(NCc1cc(C(C)C)no1)NC1CC=CC1.I. The lowest BCUT2D eigenvalue weighted by molar-refractivity contribution is 0.371. The van der Waals surface area contributed by atoms with E-state index in [1.165, 1.54) is 0 Å². The minimum Gasteiger partial charge on any atom is -0.359 e. The second kappa shape index (κ2) is 8.28. The molecule has 0 aliphatic heterocycles. The van der Waals surface area contributed by atoms with E-state index in [1.54, 1.807) is 7.05 Å². The van der Waals surface area contributed by atoms with Crippen LogP contribution in [-0.2, 0) is 6.54 Å². The zero-order valence-corrected chi connectivity index (χ0v) is 14.5. The van der Waals surface area contributed by atoms with Crippen molar-refractivity contribution in [1.29, 1.82) is 0 Å². The zero-order chi connectivity index (χ0) is 13.7. The Morgan fingerprint density at radius 1 is 1.45 bits per heavy atom. The van der Waals surface area contributed by atoms with E-state index in [4.69, 9.17) is 4.52 Å². The van der Waals surface area contributed by atoms with E-state index in [1.807, 2.05) is 6.07 Å². The molecule has 0 spiro atoms. The van der Waals surface area contributed by atoms with Crippen molar-refractivity contribution in [1.82, 2.24) is 15.8 Å². The highest BCUT2D eigenvalue weighted by molar-refractivity contribution is 14.0. The summed E-state index contributed by atoms with van der Waals surface area (Å²) in [5.41, 5.74) is 0.986. The van der Waals surface area contributed by atoms with Crippen LogP contribution in [0.2, 0.25) is 0 Å². The Kier molecular flexibility index (Phi) is 7.04. The van der Waals surface area contributed by atoms with E-state index in [0.717, 1.165) is 30.3 Å². The van der Waals surface area contributed by atoms with Crippen molar-refractivity contribution in [3.63, 3.8) is 0 Å². The standard InChI is InChI=1S/C14H22N4O.HI/c1-10(2)13-8-12(19-18-13)9-16-14(15-3)17-11-6-4-5-7-11;/h4-5,8,10-11H,6-7,9H2,1-3H3,(H2,15,16,17);1H. The normalized spacial score (nSPS) is 15.5. The molecule has 0 aromatic carbocycles. The Morgan fingerprint density at radius 2 is 2.15 bits per heavy atom. The number of nitrogens with zero attached hydrogens (tertiary/aromatic N) is 2. The Hall–Kier alpha value is -1.05. The molecule has 1 aliphatic rings. The van der Waals surface area contributed by atoms with E-state index in [9.17, 15) is 0 Å². The molecule has 6 heteroatoms. The summed E-state index contributed by atoms with van der Waals surface area (Å²) >= 11 is 0. The maximum absolute atomic E-state index is 5.28. The zero-order valence-electron chi connectivity index (χ0n) is 12.2. The largest absolute Gasteiger partial charge is 0.359 e. The molecule has 20 heavy (non-hydrogen) atoms. The molecule has 0 unspecified atom stereocenters. The first-order chi connectivity index (χ1) is 9.19. The van der Waals surface area contributed by atoms with Gasteiger partial charge in [-0.15, -0.1) is 24.0 Å². The average molecular weight is 390 g/mol. The van der Waals surface area contributed by atoms with Gasteiger partial charge in [-0.05, 0) is 18.8 Å². The van der Waals surface area contributed by atoms with Gasteiger partial charge in [-0.1, -0.05) is 31.2 Å². The molecule has 0 amide bonds. The van der Waals surface area contributed by atoms with Gasteiger partial charge in [0.15, 0.2) is 11.7 Å². The number of aliphatic imine (C=N–C) groups is 1. The van der Waals surface area contributed by atoms with Crippen LogP contribution in [0.25, 0.3) is 0 Å². The highest BCUT2D eigenvalue weighted by Gasteiger charge is 2.12. The first-order valence-electron chi connectivity index (χ1n) is 6.76. The van der Waals surface area contributed by atoms with Gasteiger partial charge in [-0.3, -0.25) is 4.99 Å². The van der Waals surface area contributed by atoms with E-state index >= 15 is 0 Å². The van der Waals surface area contributed by atoms with Crippen molar-refractivity contribution in [2.45, 2.75) is 45.2 Å². The van der Waals surface area contributed by atoms with E-state index in [-0.39, 0.29) is 24.0 Å². The number of halogens is 1. The van der Waals surface area contributed by atoms with Crippen LogP contribution in [0.15, 0.2) is 27.7 Å². The van der Waals surface area contributed by atoms with Gasteiger partial charge in [-0.2, -0.15) is 0 Å². The van der Waals surface area contributed by atoms with Crippen LogP contribution >= 0.6 is 24.0 Å². The molecule has 0 atom stereocenters. The second-order valence-corrected chi connectivity index (χ2v) is 5.08. The molecule has 1 aromatic rings. The molecule has 0 saturated carbocycles. The lowest BCUT2D eigenvalue weighted by Crippen LogP contribution is -2.42. The Balaban J connectivity index is 0.00000200. The minimum absolute atomic E-state index is 0. The van der Waals surface area contributed by atoms with E-state index < -0.39 is 0 Å². The summed E-state index contributed by atoms with van der Waals surface area (Å²) in [6.07, 6.45) is 6.49. The van der Waals surface area contributed by atoms with Gasteiger partial charge in [0.05, 0.1) is 12.2 Å². The smallest absolute Gasteiger partial charge is 0.191 e. The topological polar surface area (TPSA) is 62.5 Å². The highest BCUT2D eigenvalue weighted by atomic mass is 127. The molecular weight excluding hydrogens is 367 g/mol. The number of rotatable bonds is 4. The minimum atomic E-state index is 0. The maximum Gasteiger partial charge on any atom is 0.191 e. The van der Waals surface area contributed by atoms with Gasteiger partial charge in [0.25, 0.3) is 0 Å². The molecule has 1 aromatic heterocycles. The Labute approximate surface area is 137 Å². The van der Waals surface area contributed by atoms with E-state index in [0.29, 0.717) is 18.5 Å². The van der Waals surface area contributed by atoms with Crippen LogP contribution in [0.1, 0.15) is 44.1 Å². The average Bonchev–Trinajstić information content (AvgIpc) is 3.05. The fourth-order valence-electron chi connectivity index (χ4n) is 1.98. The predicted octanol–water partition coefficient (Wildman–Crippen LogP) is 2.80. The third kappa shape index (κ3) is 4.81. The summed E-state index contributed by atoms with van der Waals surface area (Å²) in [7, 11) is 1.78. The van der Waals surface area contributed by atoms with Crippen LogP contribution < -0.4 is 10.6 Å². The Bertz CT molecular complexity index is 459. The van der Waals surface area contributed by atoms with Crippen LogP contribution in [0.3, 0.4) is 0 Å². The molecule has 1 heterocycles. The second-order valence-electron chi connectivity index (χ2n) is 5.08. The quantitative estimate of drug-likeness (QED) is 0.359. The summed E-state index contributed by atoms with van der Waals surface area (Å²) in [6.45, 7) is 4.80. The Morgan fingerprint density at radius 3 is 2.70 bits per heavy atom. The summed E-state index contributed by atoms with van der Waals surface area (Å²) in [6, 6.07) is 2.44. The summed E-state index contributed by atoms with van der Waals surface area (Å²) in [4.78, 5) is 4.21. The molecule has 2 N–H and O–H groups in total. The van der Waals surface area contributed by atoms with Crippen molar-refractivity contribution in [3.05, 3.63) is 29.7 Å². The van der Waals surface area contributed by atoms with Crippen LogP contribution in [-0.4, -0.2) is 24.2 Å². The number of aromatic nitrogens is 1. The summed E-state index contributed by atoms with van der Waals surface area (Å²) in [5, 5.41) is 10.7. The van der Waals surface area contributed by atoms with Crippen LogP contribution in [0, 0.1) is 0 Å². The molecular formula is C14H23IN4O. The number of guanidine groups is 1. The molecule has 0 radical (unpaired) electrons. The molecule has 112 valence electrons. The van der Waals surface area contributed by atoms with Gasteiger partial charge >= 0.3 is 0 Å². The summed E-state index contributed by atoms with van der Waals surface area (Å²) < 4.78 is 5.28. The predicted molar refractivity (Wildman–Crippen MR) is 91.5 cm³/mol. The first kappa shape index (κ1) is 17.0. The van der Waals surface area contributed by atoms with Crippen LogP contribution in [0.5, 0.6) is 0 Å². The highest BCUT2D eigenvalue weighted by Crippen LogP contribution is 2.13.